The molecule has 1 aromatic rings. The van der Waals surface area contributed by atoms with Gasteiger partial charge in [0.1, 0.15) is 5.82 Å². The van der Waals surface area contributed by atoms with Crippen molar-refractivity contribution in [3.63, 3.8) is 0 Å². The maximum Gasteiger partial charge on any atom is 0.124 e. The fourth-order valence-corrected chi connectivity index (χ4v) is 3.75. The van der Waals surface area contributed by atoms with Gasteiger partial charge < -0.3 is 5.32 Å². The Morgan fingerprint density at radius 1 is 1.29 bits per heavy atom. The van der Waals surface area contributed by atoms with Gasteiger partial charge in [-0.15, -0.1) is 0 Å². The first-order valence-corrected chi connectivity index (χ1v) is 7.50. The van der Waals surface area contributed by atoms with Crippen LogP contribution in [-0.4, -0.2) is 16.0 Å². The highest BCUT2D eigenvalue weighted by atomic mass is 32.2. The van der Waals surface area contributed by atoms with Gasteiger partial charge in [-0.25, -0.2) is 4.39 Å². The first-order chi connectivity index (χ1) is 8.24. The maximum atomic E-state index is 13.2. The number of fused-ring (bicyclic) bond motifs is 1. The number of benzene rings is 1. The Morgan fingerprint density at radius 3 is 2.88 bits per heavy atom. The lowest BCUT2D eigenvalue weighted by molar-refractivity contribution is 0.489. The molecule has 2 aliphatic rings. The molecule has 0 saturated heterocycles. The minimum absolute atomic E-state index is 0.254. The van der Waals surface area contributed by atoms with Gasteiger partial charge in [-0.3, -0.25) is 4.21 Å². The number of halogens is 1. The molecule has 0 amide bonds. The summed E-state index contributed by atoms with van der Waals surface area (Å²) in [6, 6.07) is 5.59. The average Bonchev–Trinajstić information content (AvgIpc) is 3.11. The summed E-state index contributed by atoms with van der Waals surface area (Å²) in [5.74, 6) is 0.364. The van der Waals surface area contributed by atoms with E-state index in [0.29, 0.717) is 16.7 Å². The van der Waals surface area contributed by atoms with E-state index in [-0.39, 0.29) is 11.9 Å². The van der Waals surface area contributed by atoms with Crippen LogP contribution in [0.2, 0.25) is 0 Å². The van der Waals surface area contributed by atoms with E-state index in [1.165, 1.54) is 25.0 Å². The molecule has 1 saturated carbocycles. The highest BCUT2D eigenvalue weighted by Crippen LogP contribution is 2.33. The predicted molar refractivity (Wildman–Crippen MR) is 65.8 cm³/mol. The van der Waals surface area contributed by atoms with E-state index >= 15 is 0 Å². The Balaban J connectivity index is 1.97. The SMILES string of the molecule is O=S1CCCC(NC2CC2)c2ccc(F)cc21. The zero-order valence-electron chi connectivity index (χ0n) is 9.62. The molecule has 1 aliphatic heterocycles. The lowest BCUT2D eigenvalue weighted by Gasteiger charge is -2.18. The van der Waals surface area contributed by atoms with E-state index in [2.05, 4.69) is 5.32 Å². The summed E-state index contributed by atoms with van der Waals surface area (Å²) >= 11 is 0. The van der Waals surface area contributed by atoms with E-state index in [0.717, 1.165) is 18.4 Å². The third-order valence-corrected chi connectivity index (χ3v) is 4.94. The summed E-state index contributed by atoms with van der Waals surface area (Å²) in [7, 11) is -1.04. The van der Waals surface area contributed by atoms with Gasteiger partial charge in [0.2, 0.25) is 0 Å². The first-order valence-electron chi connectivity index (χ1n) is 6.18. The van der Waals surface area contributed by atoms with E-state index in [1.807, 2.05) is 0 Å². The summed E-state index contributed by atoms with van der Waals surface area (Å²) < 4.78 is 25.3. The lowest BCUT2D eigenvalue weighted by Crippen LogP contribution is -2.23. The third kappa shape index (κ3) is 2.43. The standard InChI is InChI=1S/C13H16FNOS/c14-9-3-6-11-12(15-10-4-5-10)2-1-7-17(16)13(11)8-9/h3,6,8,10,12,15H,1-2,4-5,7H2. The number of hydrogen-bond acceptors (Lipinski definition) is 2. The summed E-state index contributed by atoms with van der Waals surface area (Å²) in [5.41, 5.74) is 1.04. The van der Waals surface area contributed by atoms with Crippen LogP contribution in [0, 0.1) is 5.82 Å². The third-order valence-electron chi connectivity index (χ3n) is 3.43. The van der Waals surface area contributed by atoms with Crippen LogP contribution in [0.15, 0.2) is 23.1 Å². The summed E-state index contributed by atoms with van der Waals surface area (Å²) in [4.78, 5) is 0.695. The van der Waals surface area contributed by atoms with Crippen molar-refractivity contribution < 1.29 is 8.60 Å². The highest BCUT2D eigenvalue weighted by Gasteiger charge is 2.29. The molecule has 0 bridgehead atoms. The van der Waals surface area contributed by atoms with Crippen LogP contribution in [0.4, 0.5) is 4.39 Å². The van der Waals surface area contributed by atoms with Crippen LogP contribution in [0.5, 0.6) is 0 Å². The summed E-state index contributed by atoms with van der Waals surface area (Å²) in [5, 5.41) is 3.57. The van der Waals surface area contributed by atoms with E-state index in [9.17, 15) is 8.60 Å². The quantitative estimate of drug-likeness (QED) is 0.877. The molecule has 17 heavy (non-hydrogen) atoms. The molecular formula is C13H16FNOS. The summed E-state index contributed by atoms with van der Waals surface area (Å²) in [6.45, 7) is 0. The van der Waals surface area contributed by atoms with Crippen LogP contribution in [0.1, 0.15) is 37.3 Å². The molecule has 92 valence electrons. The Labute approximate surface area is 103 Å². The fraction of sp³-hybridized carbons (Fsp3) is 0.538. The molecule has 1 aliphatic carbocycles. The molecule has 1 heterocycles. The number of nitrogens with one attached hydrogen (secondary N) is 1. The minimum atomic E-state index is -1.04. The predicted octanol–water partition coefficient (Wildman–Crippen LogP) is 2.52. The van der Waals surface area contributed by atoms with Crippen molar-refractivity contribution in [3.05, 3.63) is 29.6 Å². The van der Waals surface area contributed by atoms with Crippen molar-refractivity contribution in [1.82, 2.24) is 5.32 Å². The number of rotatable bonds is 2. The molecule has 0 spiro atoms. The number of hydrogen-bond donors (Lipinski definition) is 1. The Bertz CT molecular complexity index is 459. The molecule has 0 aromatic heterocycles. The topological polar surface area (TPSA) is 29.1 Å². The van der Waals surface area contributed by atoms with E-state index in [1.54, 1.807) is 6.07 Å². The van der Waals surface area contributed by atoms with Crippen LogP contribution >= 0.6 is 0 Å². The molecular weight excluding hydrogens is 237 g/mol. The van der Waals surface area contributed by atoms with Crippen molar-refractivity contribution in [3.8, 4) is 0 Å². The monoisotopic (exact) mass is 253 g/mol. The van der Waals surface area contributed by atoms with Gasteiger partial charge in [-0.05, 0) is 43.4 Å². The largest absolute Gasteiger partial charge is 0.307 e. The van der Waals surface area contributed by atoms with Gasteiger partial charge >= 0.3 is 0 Å². The smallest absolute Gasteiger partial charge is 0.124 e. The Kier molecular flexibility index (Phi) is 3.01. The van der Waals surface area contributed by atoms with E-state index in [4.69, 9.17) is 0 Å². The van der Waals surface area contributed by atoms with Crippen molar-refractivity contribution in [2.45, 2.75) is 42.7 Å². The highest BCUT2D eigenvalue weighted by molar-refractivity contribution is 7.85. The van der Waals surface area contributed by atoms with Crippen molar-refractivity contribution in [2.75, 3.05) is 5.75 Å². The zero-order valence-corrected chi connectivity index (χ0v) is 10.4. The fourth-order valence-electron chi connectivity index (χ4n) is 2.38. The Morgan fingerprint density at radius 2 is 2.12 bits per heavy atom. The van der Waals surface area contributed by atoms with Crippen LogP contribution in [-0.2, 0) is 10.8 Å². The van der Waals surface area contributed by atoms with Gasteiger partial charge in [0, 0.05) is 22.7 Å². The van der Waals surface area contributed by atoms with Crippen LogP contribution in [0.3, 0.4) is 0 Å². The second-order valence-corrected chi connectivity index (χ2v) is 6.41. The van der Waals surface area contributed by atoms with Crippen LogP contribution < -0.4 is 5.32 Å². The van der Waals surface area contributed by atoms with Gasteiger partial charge in [-0.2, -0.15) is 0 Å². The molecule has 1 aromatic carbocycles. The van der Waals surface area contributed by atoms with Gasteiger partial charge in [0.05, 0.1) is 10.8 Å². The molecule has 2 nitrogen and oxygen atoms in total. The Hall–Kier alpha value is -0.740. The van der Waals surface area contributed by atoms with Gasteiger partial charge in [0.15, 0.2) is 0 Å². The van der Waals surface area contributed by atoms with E-state index < -0.39 is 10.8 Å². The van der Waals surface area contributed by atoms with Crippen molar-refractivity contribution >= 4 is 10.8 Å². The second-order valence-electron chi connectivity index (χ2n) is 4.87. The first kappa shape index (κ1) is 11.4. The van der Waals surface area contributed by atoms with Gasteiger partial charge in [0.25, 0.3) is 0 Å². The molecule has 3 rings (SSSR count). The molecule has 2 unspecified atom stereocenters. The second kappa shape index (κ2) is 4.50. The molecule has 2 atom stereocenters. The van der Waals surface area contributed by atoms with Gasteiger partial charge in [-0.1, -0.05) is 6.07 Å². The van der Waals surface area contributed by atoms with Crippen LogP contribution in [0.25, 0.3) is 0 Å². The average molecular weight is 253 g/mol. The maximum absolute atomic E-state index is 13.2. The normalized spacial score (nSPS) is 28.5. The minimum Gasteiger partial charge on any atom is -0.307 e. The molecule has 1 fully saturated rings. The molecule has 0 radical (unpaired) electrons. The molecule has 4 heteroatoms. The zero-order chi connectivity index (χ0) is 11.8. The molecule has 1 N–H and O–H groups in total. The van der Waals surface area contributed by atoms with Crippen molar-refractivity contribution in [2.24, 2.45) is 0 Å². The van der Waals surface area contributed by atoms with Crippen molar-refractivity contribution in [1.29, 1.82) is 0 Å². The lowest BCUT2D eigenvalue weighted by atomic mass is 10.0. The summed E-state index contributed by atoms with van der Waals surface area (Å²) in [6.07, 6.45) is 4.40.